The molecule has 16 heavy (non-hydrogen) atoms. The largest absolute Gasteiger partial charge is 0.481 e. The minimum atomic E-state index is -0.729. The fourth-order valence-electron chi connectivity index (χ4n) is 2.24. The van der Waals surface area contributed by atoms with E-state index in [9.17, 15) is 9.59 Å². The molecule has 0 aromatic heterocycles. The first-order valence-corrected chi connectivity index (χ1v) is 6.08. The lowest BCUT2D eigenvalue weighted by atomic mass is 9.91. The van der Waals surface area contributed by atoms with Crippen molar-refractivity contribution < 1.29 is 14.7 Å². The van der Waals surface area contributed by atoms with Crippen LogP contribution in [-0.4, -0.2) is 34.5 Å². The van der Waals surface area contributed by atoms with E-state index in [1.165, 1.54) is 0 Å². The number of nitrogens with zero attached hydrogens (tertiary/aromatic N) is 1. The van der Waals surface area contributed by atoms with Crippen LogP contribution < -0.4 is 0 Å². The average Bonchev–Trinajstić information content (AvgIpc) is 2.25. The monoisotopic (exact) mass is 227 g/mol. The van der Waals surface area contributed by atoms with E-state index in [1.807, 2.05) is 11.8 Å². The lowest BCUT2D eigenvalue weighted by molar-refractivity contribution is -0.147. The molecule has 0 bridgehead atoms. The zero-order valence-electron chi connectivity index (χ0n) is 10.1. The Kier molecular flexibility index (Phi) is 4.77. The van der Waals surface area contributed by atoms with Crippen LogP contribution in [0.5, 0.6) is 0 Å². The Bertz CT molecular complexity index is 265. The molecule has 0 aromatic rings. The maximum Gasteiger partial charge on any atom is 0.306 e. The Hall–Kier alpha value is -1.06. The normalized spacial score (nSPS) is 25.5. The average molecular weight is 227 g/mol. The van der Waals surface area contributed by atoms with E-state index < -0.39 is 5.97 Å². The van der Waals surface area contributed by atoms with Crippen molar-refractivity contribution in [3.63, 3.8) is 0 Å². The molecule has 1 N–H and O–H groups in total. The lowest BCUT2D eigenvalue weighted by Gasteiger charge is -2.36. The molecule has 0 aliphatic carbocycles. The van der Waals surface area contributed by atoms with Crippen LogP contribution in [0.3, 0.4) is 0 Å². The number of carboxylic acid groups (broad SMARTS) is 1. The molecule has 1 rings (SSSR count). The number of carbonyl (C=O) groups is 2. The molecule has 4 heteroatoms. The number of amides is 1. The maximum absolute atomic E-state index is 11.8. The molecular formula is C12H21NO3. The summed E-state index contributed by atoms with van der Waals surface area (Å²) < 4.78 is 0. The van der Waals surface area contributed by atoms with Gasteiger partial charge in [0, 0.05) is 19.0 Å². The summed E-state index contributed by atoms with van der Waals surface area (Å²) in [5.41, 5.74) is 0. The van der Waals surface area contributed by atoms with Gasteiger partial charge in [-0.15, -0.1) is 0 Å². The number of carbonyl (C=O) groups excluding carboxylic acids is 1. The van der Waals surface area contributed by atoms with Gasteiger partial charge in [0.2, 0.25) is 5.91 Å². The minimum absolute atomic E-state index is 0.0687. The Labute approximate surface area is 96.6 Å². The number of hydrogen-bond donors (Lipinski definition) is 1. The summed E-state index contributed by atoms with van der Waals surface area (Å²) in [4.78, 5) is 24.5. The molecule has 2 atom stereocenters. The van der Waals surface area contributed by atoms with Gasteiger partial charge in [-0.05, 0) is 26.2 Å². The van der Waals surface area contributed by atoms with Crippen molar-refractivity contribution in [2.24, 2.45) is 5.92 Å². The van der Waals surface area contributed by atoms with Crippen LogP contribution in [0.15, 0.2) is 0 Å². The van der Waals surface area contributed by atoms with Gasteiger partial charge in [-0.25, -0.2) is 0 Å². The number of likely N-dealkylation sites (tertiary alicyclic amines) is 1. The summed E-state index contributed by atoms with van der Waals surface area (Å²) in [6, 6.07) is 0.0687. The molecule has 0 aromatic carbocycles. The van der Waals surface area contributed by atoms with E-state index in [0.29, 0.717) is 25.8 Å². The van der Waals surface area contributed by atoms with Crippen molar-refractivity contribution in [3.8, 4) is 0 Å². The van der Waals surface area contributed by atoms with Crippen molar-refractivity contribution in [1.29, 1.82) is 0 Å². The van der Waals surface area contributed by atoms with Crippen LogP contribution in [0.2, 0.25) is 0 Å². The molecule has 1 saturated heterocycles. The Morgan fingerprint density at radius 1 is 1.44 bits per heavy atom. The van der Waals surface area contributed by atoms with Gasteiger partial charge in [0.05, 0.1) is 5.92 Å². The van der Waals surface area contributed by atoms with Gasteiger partial charge in [0.15, 0.2) is 0 Å². The van der Waals surface area contributed by atoms with Gasteiger partial charge in [-0.3, -0.25) is 9.59 Å². The zero-order valence-corrected chi connectivity index (χ0v) is 10.1. The number of aliphatic carboxylic acids is 1. The van der Waals surface area contributed by atoms with Crippen LogP contribution in [0.1, 0.15) is 46.0 Å². The molecule has 0 saturated carbocycles. The van der Waals surface area contributed by atoms with E-state index in [1.54, 1.807) is 0 Å². The van der Waals surface area contributed by atoms with E-state index in [0.717, 1.165) is 12.8 Å². The van der Waals surface area contributed by atoms with Crippen molar-refractivity contribution in [2.45, 2.75) is 52.0 Å². The molecule has 1 aliphatic heterocycles. The van der Waals surface area contributed by atoms with Crippen molar-refractivity contribution >= 4 is 11.9 Å². The van der Waals surface area contributed by atoms with Gasteiger partial charge in [-0.2, -0.15) is 0 Å². The smallest absolute Gasteiger partial charge is 0.306 e. The van der Waals surface area contributed by atoms with E-state index in [-0.39, 0.29) is 17.9 Å². The third-order valence-electron chi connectivity index (χ3n) is 3.29. The first-order valence-electron chi connectivity index (χ1n) is 6.08. The third-order valence-corrected chi connectivity index (χ3v) is 3.29. The quantitative estimate of drug-likeness (QED) is 0.797. The molecule has 92 valence electrons. The third kappa shape index (κ3) is 3.22. The summed E-state index contributed by atoms with van der Waals surface area (Å²) in [6.45, 7) is 4.60. The number of unbranched alkanes of at least 4 members (excludes halogenated alkanes) is 1. The standard InChI is InChI=1S/C12H21NO3/c1-3-4-5-11(14)13-7-6-10(12(15)16)8-9(13)2/h9-10H,3-8H2,1-2H3,(H,15,16). The Balaban J connectivity index is 2.46. The van der Waals surface area contributed by atoms with Gasteiger partial charge in [0.1, 0.15) is 0 Å². The van der Waals surface area contributed by atoms with Gasteiger partial charge in [0.25, 0.3) is 0 Å². The minimum Gasteiger partial charge on any atom is -0.481 e. The van der Waals surface area contributed by atoms with E-state index in [4.69, 9.17) is 5.11 Å². The molecule has 0 radical (unpaired) electrons. The molecule has 1 aliphatic rings. The van der Waals surface area contributed by atoms with Crippen LogP contribution in [0, 0.1) is 5.92 Å². The predicted molar refractivity (Wildman–Crippen MR) is 61.1 cm³/mol. The molecule has 2 unspecified atom stereocenters. The van der Waals surface area contributed by atoms with Crippen LogP contribution >= 0.6 is 0 Å². The van der Waals surface area contributed by atoms with Crippen molar-refractivity contribution in [2.75, 3.05) is 6.54 Å². The Morgan fingerprint density at radius 2 is 2.12 bits per heavy atom. The lowest BCUT2D eigenvalue weighted by Crippen LogP contribution is -2.45. The summed E-state index contributed by atoms with van der Waals surface area (Å²) in [5, 5.41) is 8.92. The van der Waals surface area contributed by atoms with E-state index >= 15 is 0 Å². The highest BCUT2D eigenvalue weighted by molar-refractivity contribution is 5.77. The first kappa shape index (κ1) is 13.0. The van der Waals surface area contributed by atoms with Gasteiger partial charge < -0.3 is 10.0 Å². The number of rotatable bonds is 4. The second-order valence-electron chi connectivity index (χ2n) is 4.60. The van der Waals surface area contributed by atoms with Crippen LogP contribution in [0.25, 0.3) is 0 Å². The fraction of sp³-hybridized carbons (Fsp3) is 0.833. The summed E-state index contributed by atoms with van der Waals surface area (Å²) >= 11 is 0. The van der Waals surface area contributed by atoms with Gasteiger partial charge in [-0.1, -0.05) is 13.3 Å². The highest BCUT2D eigenvalue weighted by atomic mass is 16.4. The van der Waals surface area contributed by atoms with Crippen molar-refractivity contribution in [3.05, 3.63) is 0 Å². The number of hydrogen-bond acceptors (Lipinski definition) is 2. The second-order valence-corrected chi connectivity index (χ2v) is 4.60. The Morgan fingerprint density at radius 3 is 2.62 bits per heavy atom. The van der Waals surface area contributed by atoms with E-state index in [2.05, 4.69) is 6.92 Å². The summed E-state index contributed by atoms with van der Waals surface area (Å²) in [7, 11) is 0. The highest BCUT2D eigenvalue weighted by Gasteiger charge is 2.31. The highest BCUT2D eigenvalue weighted by Crippen LogP contribution is 2.23. The van der Waals surface area contributed by atoms with Gasteiger partial charge >= 0.3 is 5.97 Å². The van der Waals surface area contributed by atoms with Crippen molar-refractivity contribution in [1.82, 2.24) is 4.90 Å². The predicted octanol–water partition coefficient (Wildman–Crippen LogP) is 1.89. The molecule has 1 heterocycles. The van der Waals surface area contributed by atoms with Crippen LogP contribution in [-0.2, 0) is 9.59 Å². The van der Waals surface area contributed by atoms with Crippen LogP contribution in [0.4, 0.5) is 0 Å². The summed E-state index contributed by atoms with van der Waals surface area (Å²) in [5.74, 6) is -0.823. The fourth-order valence-corrected chi connectivity index (χ4v) is 2.24. The first-order chi connectivity index (χ1) is 7.56. The topological polar surface area (TPSA) is 57.6 Å². The molecular weight excluding hydrogens is 206 g/mol. The number of carboxylic acids is 1. The molecule has 0 spiro atoms. The second kappa shape index (κ2) is 5.87. The zero-order chi connectivity index (χ0) is 12.1. The summed E-state index contributed by atoms with van der Waals surface area (Å²) in [6.07, 6.45) is 3.72. The molecule has 1 amide bonds. The maximum atomic E-state index is 11.8. The molecule has 1 fully saturated rings. The molecule has 4 nitrogen and oxygen atoms in total. The number of piperidine rings is 1. The SMILES string of the molecule is CCCCC(=O)N1CCC(C(=O)O)CC1C.